The Morgan fingerprint density at radius 3 is 2.91 bits per heavy atom. The van der Waals surface area contributed by atoms with Crippen molar-refractivity contribution in [2.45, 2.75) is 0 Å². The minimum absolute atomic E-state index is 0.141. The number of hydrogen-bond acceptors (Lipinski definition) is 9. The van der Waals surface area contributed by atoms with E-state index in [1.807, 2.05) is 0 Å². The molecule has 0 aliphatic carbocycles. The van der Waals surface area contributed by atoms with Crippen LogP contribution in [-0.2, 0) is 0 Å². The van der Waals surface area contributed by atoms with Crippen molar-refractivity contribution in [2.75, 3.05) is 12.5 Å². The molecule has 3 heterocycles. The minimum Gasteiger partial charge on any atom is -0.454 e. The lowest BCUT2D eigenvalue weighted by Crippen LogP contribution is -2.20. The first-order valence-electron chi connectivity index (χ1n) is 6.28. The minimum atomic E-state index is -0.916. The van der Waals surface area contributed by atoms with Crippen molar-refractivity contribution in [1.29, 1.82) is 0 Å². The summed E-state index contributed by atoms with van der Waals surface area (Å²) in [7, 11) is 0. The molecule has 1 aromatic carbocycles. The van der Waals surface area contributed by atoms with Crippen molar-refractivity contribution < 1.29 is 14.4 Å². The number of nitrogen functional groups attached to an aromatic ring is 1. The summed E-state index contributed by atoms with van der Waals surface area (Å²) in [5.74, 6) is 0.749. The van der Waals surface area contributed by atoms with Crippen LogP contribution in [0.5, 0.6) is 11.5 Å². The second kappa shape index (κ2) is 4.64. The van der Waals surface area contributed by atoms with Gasteiger partial charge in [0.1, 0.15) is 5.01 Å². The average Bonchev–Trinajstić information content (AvgIpc) is 3.11. The molecule has 0 unspecified atom stereocenters. The Labute approximate surface area is 130 Å². The van der Waals surface area contributed by atoms with Gasteiger partial charge in [-0.2, -0.15) is 14.6 Å². The first-order chi connectivity index (χ1) is 11.0. The normalized spacial score (nSPS) is 12.7. The van der Waals surface area contributed by atoms with Crippen molar-refractivity contribution in [3.05, 3.63) is 38.7 Å². The molecule has 11 heteroatoms. The van der Waals surface area contributed by atoms with Gasteiger partial charge in [0.25, 0.3) is 0 Å². The number of nitrogens with zero attached hydrogens (tertiary/aromatic N) is 4. The molecule has 0 bridgehead atoms. The molecule has 0 fully saturated rings. The van der Waals surface area contributed by atoms with Crippen LogP contribution in [0.25, 0.3) is 15.5 Å². The van der Waals surface area contributed by atoms with Gasteiger partial charge in [0.2, 0.25) is 17.6 Å². The van der Waals surface area contributed by atoms with Crippen LogP contribution in [0.2, 0.25) is 0 Å². The number of fused-ring (bicyclic) bond motifs is 2. The molecule has 0 atom stereocenters. The van der Waals surface area contributed by atoms with Crippen LogP contribution in [0.15, 0.2) is 23.0 Å². The van der Waals surface area contributed by atoms with Crippen LogP contribution in [0.3, 0.4) is 0 Å². The summed E-state index contributed by atoms with van der Waals surface area (Å²) in [5, 5.41) is 15.5. The summed E-state index contributed by atoms with van der Waals surface area (Å²) in [4.78, 5) is 26.2. The molecule has 10 nitrogen and oxygen atoms in total. The predicted molar refractivity (Wildman–Crippen MR) is 79.8 cm³/mol. The number of aromatic nitrogens is 3. The Bertz CT molecular complexity index is 1030. The van der Waals surface area contributed by atoms with Gasteiger partial charge in [-0.1, -0.05) is 11.3 Å². The number of rotatable bonds is 2. The molecule has 3 aromatic rings. The zero-order valence-electron chi connectivity index (χ0n) is 11.3. The van der Waals surface area contributed by atoms with Crippen molar-refractivity contribution in [2.24, 2.45) is 0 Å². The highest BCUT2D eigenvalue weighted by Crippen LogP contribution is 2.36. The van der Waals surface area contributed by atoms with Gasteiger partial charge in [0.05, 0.1) is 4.92 Å². The quantitative estimate of drug-likeness (QED) is 0.543. The third kappa shape index (κ3) is 1.97. The van der Waals surface area contributed by atoms with E-state index in [1.165, 1.54) is 0 Å². The maximum atomic E-state index is 12.1. The van der Waals surface area contributed by atoms with Gasteiger partial charge < -0.3 is 15.2 Å². The molecule has 0 spiro atoms. The lowest BCUT2D eigenvalue weighted by molar-refractivity contribution is -0.385. The van der Waals surface area contributed by atoms with Gasteiger partial charge in [-0.3, -0.25) is 14.9 Å². The van der Waals surface area contributed by atoms with E-state index >= 15 is 0 Å². The van der Waals surface area contributed by atoms with E-state index in [0.29, 0.717) is 22.1 Å². The van der Waals surface area contributed by atoms with Crippen LogP contribution in [0, 0.1) is 10.1 Å². The maximum absolute atomic E-state index is 12.1. The maximum Gasteiger partial charge on any atom is 0.377 e. The van der Waals surface area contributed by atoms with Crippen LogP contribution >= 0.6 is 11.3 Å². The molecule has 0 amide bonds. The molecule has 2 N–H and O–H groups in total. The SMILES string of the molecule is Nc1nc2sc(-c3ccc4c(c3)OCO4)nn2c(=O)c1[N+](=O)[O-]. The lowest BCUT2D eigenvalue weighted by atomic mass is 10.2. The monoisotopic (exact) mass is 333 g/mol. The van der Waals surface area contributed by atoms with E-state index < -0.39 is 22.0 Å². The van der Waals surface area contributed by atoms with E-state index in [2.05, 4.69) is 10.1 Å². The average molecular weight is 333 g/mol. The van der Waals surface area contributed by atoms with Gasteiger partial charge in [0, 0.05) is 5.56 Å². The summed E-state index contributed by atoms with van der Waals surface area (Å²) in [5.41, 5.74) is 4.46. The molecule has 1 aliphatic rings. The molecule has 0 saturated heterocycles. The number of nitrogens with two attached hydrogens (primary N) is 1. The molecule has 0 saturated carbocycles. The standard InChI is InChI=1S/C12H7N5O5S/c13-9-8(17(19)20)11(18)16-12(14-9)23-10(15-16)5-1-2-6-7(3-5)22-4-21-6/h1-3H,4,13H2. The number of benzene rings is 1. The van der Waals surface area contributed by atoms with Gasteiger partial charge in [-0.05, 0) is 18.2 Å². The second-order valence-corrected chi connectivity index (χ2v) is 5.53. The summed E-state index contributed by atoms with van der Waals surface area (Å²) in [6.45, 7) is 0.141. The highest BCUT2D eigenvalue weighted by atomic mass is 32.1. The second-order valence-electron chi connectivity index (χ2n) is 4.58. The van der Waals surface area contributed by atoms with E-state index in [1.54, 1.807) is 18.2 Å². The topological polar surface area (TPSA) is 135 Å². The molecule has 0 radical (unpaired) electrons. The molecule has 2 aromatic heterocycles. The van der Waals surface area contributed by atoms with E-state index in [-0.39, 0.29) is 11.8 Å². The van der Waals surface area contributed by atoms with Crippen LogP contribution in [0.4, 0.5) is 11.5 Å². The fourth-order valence-electron chi connectivity index (χ4n) is 2.17. The first kappa shape index (κ1) is 13.5. The highest BCUT2D eigenvalue weighted by Gasteiger charge is 2.24. The first-order valence-corrected chi connectivity index (χ1v) is 7.10. The third-order valence-electron chi connectivity index (χ3n) is 3.22. The van der Waals surface area contributed by atoms with Crippen LogP contribution in [-0.4, -0.2) is 26.3 Å². The molecular weight excluding hydrogens is 326 g/mol. The Balaban J connectivity index is 1.91. The van der Waals surface area contributed by atoms with Gasteiger partial charge in [0.15, 0.2) is 11.5 Å². The fraction of sp³-hybridized carbons (Fsp3) is 0.0833. The van der Waals surface area contributed by atoms with Crippen molar-refractivity contribution in [3.63, 3.8) is 0 Å². The lowest BCUT2D eigenvalue weighted by Gasteiger charge is -1.98. The van der Waals surface area contributed by atoms with Gasteiger partial charge >= 0.3 is 11.2 Å². The summed E-state index contributed by atoms with van der Waals surface area (Å²) >= 11 is 1.09. The van der Waals surface area contributed by atoms with E-state index in [4.69, 9.17) is 15.2 Å². The Morgan fingerprint density at radius 2 is 2.13 bits per heavy atom. The summed E-state index contributed by atoms with van der Waals surface area (Å²) in [6, 6.07) is 5.17. The summed E-state index contributed by atoms with van der Waals surface area (Å²) < 4.78 is 11.4. The molecule has 1 aliphatic heterocycles. The van der Waals surface area contributed by atoms with Crippen molar-refractivity contribution in [1.82, 2.24) is 14.6 Å². The van der Waals surface area contributed by atoms with Crippen molar-refractivity contribution >= 4 is 27.8 Å². The van der Waals surface area contributed by atoms with Crippen LogP contribution < -0.4 is 20.8 Å². The zero-order chi connectivity index (χ0) is 16.1. The molecule has 4 rings (SSSR count). The summed E-state index contributed by atoms with van der Waals surface area (Å²) in [6.07, 6.45) is 0. The number of nitro groups is 1. The molecular formula is C12H7N5O5S. The highest BCUT2D eigenvalue weighted by molar-refractivity contribution is 7.19. The Kier molecular flexibility index (Phi) is 2.72. The van der Waals surface area contributed by atoms with E-state index in [0.717, 1.165) is 15.9 Å². The van der Waals surface area contributed by atoms with Gasteiger partial charge in [-0.15, -0.1) is 0 Å². The largest absolute Gasteiger partial charge is 0.454 e. The van der Waals surface area contributed by atoms with Crippen LogP contribution in [0.1, 0.15) is 0 Å². The number of anilines is 1. The zero-order valence-corrected chi connectivity index (χ0v) is 12.1. The third-order valence-corrected chi connectivity index (χ3v) is 4.17. The number of ether oxygens (including phenoxy) is 2. The van der Waals surface area contributed by atoms with Crippen molar-refractivity contribution in [3.8, 4) is 22.1 Å². The predicted octanol–water partition coefficient (Wildman–Crippen LogP) is 1.04. The van der Waals surface area contributed by atoms with E-state index in [9.17, 15) is 14.9 Å². The number of hydrogen-bond donors (Lipinski definition) is 1. The van der Waals surface area contributed by atoms with Gasteiger partial charge in [-0.25, -0.2) is 0 Å². The molecule has 116 valence electrons. The Morgan fingerprint density at radius 1 is 1.35 bits per heavy atom. The Hall–Kier alpha value is -3.21. The fourth-order valence-corrected chi connectivity index (χ4v) is 3.06. The molecule has 23 heavy (non-hydrogen) atoms. The smallest absolute Gasteiger partial charge is 0.377 e.